The Morgan fingerprint density at radius 2 is 1.64 bits per heavy atom. The van der Waals surface area contributed by atoms with Crippen LogP contribution in [0.2, 0.25) is 0 Å². The van der Waals surface area contributed by atoms with Crippen molar-refractivity contribution >= 4 is 27.7 Å². The van der Waals surface area contributed by atoms with Gasteiger partial charge in [0.2, 0.25) is 15.9 Å². The fraction of sp³-hybridized carbons (Fsp3) is 0.500. The Morgan fingerprint density at radius 3 is 2.22 bits per heavy atom. The van der Waals surface area contributed by atoms with Gasteiger partial charge in [-0.05, 0) is 101 Å². The minimum absolute atomic E-state index is 0.0317. The number of carbonyl (C=O) groups is 2. The normalized spacial score (nSPS) is 21.0. The Kier molecular flexibility index (Phi) is 10.5. The van der Waals surface area contributed by atoms with Crippen molar-refractivity contribution < 1.29 is 31.9 Å². The second-order valence-corrected chi connectivity index (χ2v) is 17.9. The molecule has 3 aromatic rings. The minimum atomic E-state index is -3.94. The maximum atomic E-state index is 15.7. The van der Waals surface area contributed by atoms with E-state index in [1.807, 2.05) is 30.3 Å². The summed E-state index contributed by atoms with van der Waals surface area (Å²) < 4.78 is 57.0. The van der Waals surface area contributed by atoms with Gasteiger partial charge in [0.25, 0.3) is 0 Å². The molecular formula is C38H49FN4O6S. The lowest BCUT2D eigenvalue weighted by Gasteiger charge is -2.38. The number of carbonyl (C=O) groups excluding carboxylic acids is 2. The third-order valence-corrected chi connectivity index (χ3v) is 11.8. The number of anilines is 1. The van der Waals surface area contributed by atoms with Gasteiger partial charge in [0.1, 0.15) is 23.1 Å². The zero-order chi connectivity index (χ0) is 36.5. The molecule has 1 aliphatic heterocycles. The quantitative estimate of drug-likeness (QED) is 0.223. The number of sulfonamides is 1. The van der Waals surface area contributed by atoms with E-state index in [0.717, 1.165) is 24.8 Å². The van der Waals surface area contributed by atoms with E-state index in [1.165, 1.54) is 24.1 Å². The number of benzene rings is 2. The molecule has 1 saturated carbocycles. The molecule has 2 amide bonds. The van der Waals surface area contributed by atoms with Gasteiger partial charge in [0, 0.05) is 25.9 Å². The van der Waals surface area contributed by atoms with E-state index in [0.29, 0.717) is 23.5 Å². The van der Waals surface area contributed by atoms with Gasteiger partial charge in [-0.1, -0.05) is 49.2 Å². The van der Waals surface area contributed by atoms with E-state index in [1.54, 1.807) is 72.1 Å². The van der Waals surface area contributed by atoms with Gasteiger partial charge in [-0.2, -0.15) is 0 Å². The number of likely N-dealkylation sites (tertiary alicyclic amines) is 1. The van der Waals surface area contributed by atoms with Gasteiger partial charge >= 0.3 is 6.09 Å². The Morgan fingerprint density at radius 1 is 0.980 bits per heavy atom. The molecule has 0 radical (unpaired) electrons. The number of nitrogens with zero attached hydrogens (tertiary/aromatic N) is 2. The van der Waals surface area contributed by atoms with Gasteiger partial charge in [0.15, 0.2) is 0 Å². The molecular weight excluding hydrogens is 660 g/mol. The van der Waals surface area contributed by atoms with Crippen molar-refractivity contribution in [1.82, 2.24) is 14.6 Å². The smallest absolute Gasteiger partial charge is 0.411 e. The van der Waals surface area contributed by atoms with Crippen LogP contribution in [0, 0.1) is 11.7 Å². The highest BCUT2D eigenvalue weighted by molar-refractivity contribution is 7.90. The maximum absolute atomic E-state index is 15.7. The molecule has 5 rings (SSSR count). The predicted molar refractivity (Wildman–Crippen MR) is 190 cm³/mol. The standard InChI is InChI=1S/C38H49FN4O6S/c1-35(2,3)49-34(45)43-25-37(48-7,27-11-9-8-10-12-27)24-32(43)33(44)41-31-23-29(15-16-30(31)39)38(20-17-26-13-14-26,28-18-21-40-22-19-28)42-50(46,47)36(4,5)6/h8-12,15-16,18-19,21-23,26,32,42H,13-14,17,20,24-25H2,1-7H3,(H,41,44)/t32-,37-,38?/m1/s1. The van der Waals surface area contributed by atoms with Crippen molar-refractivity contribution in [2.24, 2.45) is 5.92 Å². The van der Waals surface area contributed by atoms with E-state index in [-0.39, 0.29) is 18.7 Å². The molecule has 0 spiro atoms. The zero-order valence-corrected chi connectivity index (χ0v) is 30.8. The third kappa shape index (κ3) is 8.03. The van der Waals surface area contributed by atoms with Gasteiger partial charge in [-0.15, -0.1) is 0 Å². The fourth-order valence-electron chi connectivity index (χ4n) is 6.41. The maximum Gasteiger partial charge on any atom is 0.411 e. The van der Waals surface area contributed by atoms with E-state index < -0.39 is 55.4 Å². The van der Waals surface area contributed by atoms with Gasteiger partial charge in [-0.3, -0.25) is 14.7 Å². The number of rotatable bonds is 11. The highest BCUT2D eigenvalue weighted by atomic mass is 32.2. The summed E-state index contributed by atoms with van der Waals surface area (Å²) in [7, 11) is -2.41. The van der Waals surface area contributed by atoms with E-state index in [4.69, 9.17) is 9.47 Å². The molecule has 2 N–H and O–H groups in total. The second-order valence-electron chi connectivity index (χ2n) is 15.4. The Hall–Kier alpha value is -3.87. The van der Waals surface area contributed by atoms with Gasteiger partial charge in [-0.25, -0.2) is 22.3 Å². The Balaban J connectivity index is 1.56. The van der Waals surface area contributed by atoms with Crippen molar-refractivity contribution in [1.29, 1.82) is 0 Å². The molecule has 50 heavy (non-hydrogen) atoms. The summed E-state index contributed by atoms with van der Waals surface area (Å²) in [5, 5.41) is 2.74. The topological polar surface area (TPSA) is 127 Å². The van der Waals surface area contributed by atoms with Gasteiger partial charge in [0.05, 0.1) is 22.5 Å². The van der Waals surface area contributed by atoms with Crippen LogP contribution in [0.3, 0.4) is 0 Å². The van der Waals surface area contributed by atoms with Crippen molar-refractivity contribution in [3.05, 3.63) is 95.6 Å². The molecule has 2 aromatic carbocycles. The van der Waals surface area contributed by atoms with Crippen LogP contribution < -0.4 is 10.0 Å². The van der Waals surface area contributed by atoms with E-state index >= 15 is 4.39 Å². The molecule has 1 aliphatic carbocycles. The summed E-state index contributed by atoms with van der Waals surface area (Å²) in [4.78, 5) is 33.2. The minimum Gasteiger partial charge on any atom is -0.444 e. The summed E-state index contributed by atoms with van der Waals surface area (Å²) in [6.45, 7) is 10.1. The number of ether oxygens (including phenoxy) is 2. The lowest BCUT2D eigenvalue weighted by atomic mass is 9.79. The monoisotopic (exact) mass is 708 g/mol. The summed E-state index contributed by atoms with van der Waals surface area (Å²) in [6, 6.07) is 16.0. The molecule has 2 aliphatic rings. The number of methoxy groups -OCH3 is 1. The van der Waals surface area contributed by atoms with Crippen molar-refractivity contribution in [2.45, 2.75) is 101 Å². The van der Waals surface area contributed by atoms with Crippen LogP contribution in [0.15, 0.2) is 73.1 Å². The van der Waals surface area contributed by atoms with Gasteiger partial charge < -0.3 is 14.8 Å². The first-order chi connectivity index (χ1) is 23.4. The molecule has 3 atom stereocenters. The summed E-state index contributed by atoms with van der Waals surface area (Å²) in [5.41, 5.74) is -1.41. The molecule has 1 saturated heterocycles. The van der Waals surface area contributed by atoms with Crippen LogP contribution in [0.25, 0.3) is 0 Å². The van der Waals surface area contributed by atoms with Crippen molar-refractivity contribution in [3.63, 3.8) is 0 Å². The van der Waals surface area contributed by atoms with Crippen LogP contribution in [0.1, 0.15) is 90.3 Å². The van der Waals surface area contributed by atoms with Crippen LogP contribution in [0.5, 0.6) is 0 Å². The Labute approximate surface area is 295 Å². The number of nitrogens with one attached hydrogen (secondary N) is 2. The highest BCUT2D eigenvalue weighted by Gasteiger charge is 2.51. The van der Waals surface area contributed by atoms with Crippen LogP contribution >= 0.6 is 0 Å². The molecule has 2 fully saturated rings. The van der Waals surface area contributed by atoms with E-state index in [2.05, 4.69) is 15.0 Å². The lowest BCUT2D eigenvalue weighted by molar-refractivity contribution is -0.120. The summed E-state index contributed by atoms with van der Waals surface area (Å²) >= 11 is 0. The predicted octanol–water partition coefficient (Wildman–Crippen LogP) is 6.86. The average molecular weight is 709 g/mol. The first kappa shape index (κ1) is 37.4. The molecule has 0 bridgehead atoms. The Bertz CT molecular complexity index is 1790. The number of pyridine rings is 1. The third-order valence-electron chi connectivity index (χ3n) is 9.58. The average Bonchev–Trinajstić information content (AvgIpc) is 3.80. The molecule has 2 heterocycles. The number of hydrogen-bond acceptors (Lipinski definition) is 7. The van der Waals surface area contributed by atoms with Crippen molar-refractivity contribution in [2.75, 3.05) is 19.0 Å². The van der Waals surface area contributed by atoms with Crippen LogP contribution in [0.4, 0.5) is 14.9 Å². The highest BCUT2D eigenvalue weighted by Crippen LogP contribution is 2.44. The molecule has 1 aromatic heterocycles. The first-order valence-electron chi connectivity index (χ1n) is 17.0. The number of aromatic nitrogens is 1. The SMILES string of the molecule is CO[C@]1(c2ccccc2)C[C@H](C(=O)Nc2cc(C(CCC3CC3)(NS(=O)(=O)C(C)(C)C)c3ccncc3)ccc2F)N(C(=O)OC(C)(C)C)C1. The van der Waals surface area contributed by atoms with Crippen LogP contribution in [-0.2, 0) is 35.4 Å². The molecule has 10 nitrogen and oxygen atoms in total. The van der Waals surface area contributed by atoms with Crippen LogP contribution in [-0.4, -0.2) is 60.3 Å². The number of amides is 2. The lowest BCUT2D eigenvalue weighted by Crippen LogP contribution is -2.52. The second kappa shape index (κ2) is 14.0. The molecule has 270 valence electrons. The summed E-state index contributed by atoms with van der Waals surface area (Å²) in [5.74, 6) is -0.888. The number of halogens is 1. The zero-order valence-electron chi connectivity index (χ0n) is 30.0. The van der Waals surface area contributed by atoms with Crippen molar-refractivity contribution in [3.8, 4) is 0 Å². The fourth-order valence-corrected chi connectivity index (χ4v) is 7.51. The molecule has 1 unspecified atom stereocenters. The number of hydrogen-bond donors (Lipinski definition) is 2. The van der Waals surface area contributed by atoms with E-state index in [9.17, 15) is 18.0 Å². The summed E-state index contributed by atoms with van der Waals surface area (Å²) in [6.07, 6.45) is 5.84. The first-order valence-corrected chi connectivity index (χ1v) is 18.5. The largest absolute Gasteiger partial charge is 0.444 e. The molecule has 12 heteroatoms.